The monoisotopic (exact) mass is 390 g/mol. The zero-order chi connectivity index (χ0) is 18.8. The minimum Gasteiger partial charge on any atom is -0.351 e. The summed E-state index contributed by atoms with van der Waals surface area (Å²) in [7, 11) is 0. The molecule has 0 aliphatic carbocycles. The van der Waals surface area contributed by atoms with Crippen molar-refractivity contribution in [3.05, 3.63) is 70.2 Å². The third-order valence-electron chi connectivity index (χ3n) is 4.27. The third-order valence-corrected chi connectivity index (χ3v) is 5.51. The lowest BCUT2D eigenvalue weighted by Gasteiger charge is -2.20. The van der Waals surface area contributed by atoms with Crippen LogP contribution >= 0.6 is 23.4 Å². The van der Waals surface area contributed by atoms with Crippen LogP contribution in [-0.2, 0) is 23.6 Å². The molecule has 0 atom stereocenters. The molecule has 0 saturated heterocycles. The van der Waals surface area contributed by atoms with Crippen LogP contribution in [0, 0.1) is 0 Å². The highest BCUT2D eigenvalue weighted by molar-refractivity contribution is 7.99. The predicted molar refractivity (Wildman–Crippen MR) is 113 cm³/mol. The van der Waals surface area contributed by atoms with Gasteiger partial charge in [0.25, 0.3) is 0 Å². The standard InChI is InChI=1S/C21H27ClN2OS/c1-3-24(4-2)14-19-10-6-5-9-18(19)13-23-21(25)16-26-15-17-8-7-11-20(22)12-17/h5-12H,3-4,13-16H2,1-2H3,(H,23,25). The smallest absolute Gasteiger partial charge is 0.230 e. The lowest BCUT2D eigenvalue weighted by molar-refractivity contribution is -0.118. The van der Waals surface area contributed by atoms with Crippen molar-refractivity contribution in [3.63, 3.8) is 0 Å². The molecule has 26 heavy (non-hydrogen) atoms. The van der Waals surface area contributed by atoms with Crippen LogP contribution in [0.5, 0.6) is 0 Å². The predicted octanol–water partition coefficient (Wildman–Crippen LogP) is 4.73. The van der Waals surface area contributed by atoms with Crippen LogP contribution in [0.3, 0.4) is 0 Å². The molecule has 2 rings (SSSR count). The molecule has 3 nitrogen and oxygen atoms in total. The second-order valence-corrected chi connectivity index (χ2v) is 7.55. The fraction of sp³-hybridized carbons (Fsp3) is 0.381. The van der Waals surface area contributed by atoms with E-state index in [0.717, 1.165) is 36.0 Å². The minimum absolute atomic E-state index is 0.0645. The van der Waals surface area contributed by atoms with Crippen LogP contribution in [0.25, 0.3) is 0 Å². The van der Waals surface area contributed by atoms with E-state index in [1.54, 1.807) is 11.8 Å². The number of benzene rings is 2. The zero-order valence-corrected chi connectivity index (χ0v) is 17.1. The van der Waals surface area contributed by atoms with E-state index in [9.17, 15) is 4.79 Å². The van der Waals surface area contributed by atoms with E-state index in [-0.39, 0.29) is 5.91 Å². The van der Waals surface area contributed by atoms with E-state index in [4.69, 9.17) is 11.6 Å². The van der Waals surface area contributed by atoms with Gasteiger partial charge in [0.15, 0.2) is 0 Å². The Labute approximate surface area is 166 Å². The van der Waals surface area contributed by atoms with Crippen molar-refractivity contribution in [2.45, 2.75) is 32.7 Å². The van der Waals surface area contributed by atoms with E-state index in [0.29, 0.717) is 12.3 Å². The first kappa shape index (κ1) is 20.8. The lowest BCUT2D eigenvalue weighted by atomic mass is 10.1. The summed E-state index contributed by atoms with van der Waals surface area (Å²) in [5.41, 5.74) is 3.61. The second kappa shape index (κ2) is 11.3. The fourth-order valence-electron chi connectivity index (χ4n) is 2.71. The van der Waals surface area contributed by atoms with Gasteiger partial charge in [-0.25, -0.2) is 0 Å². The molecule has 5 heteroatoms. The number of hydrogen-bond acceptors (Lipinski definition) is 3. The summed E-state index contributed by atoms with van der Waals surface area (Å²) >= 11 is 7.59. The van der Waals surface area contributed by atoms with Crippen LogP contribution < -0.4 is 5.32 Å². The molecule has 0 fully saturated rings. The van der Waals surface area contributed by atoms with Gasteiger partial charge in [-0.05, 0) is 41.9 Å². The molecule has 0 aromatic heterocycles. The maximum Gasteiger partial charge on any atom is 0.230 e. The van der Waals surface area contributed by atoms with Crippen molar-refractivity contribution in [1.82, 2.24) is 10.2 Å². The number of carbonyl (C=O) groups is 1. The number of nitrogens with zero attached hydrogens (tertiary/aromatic N) is 1. The molecule has 0 unspecified atom stereocenters. The number of halogens is 1. The topological polar surface area (TPSA) is 32.3 Å². The van der Waals surface area contributed by atoms with Gasteiger partial charge in [0, 0.05) is 23.9 Å². The van der Waals surface area contributed by atoms with Gasteiger partial charge in [-0.15, -0.1) is 11.8 Å². The normalized spacial score (nSPS) is 10.9. The lowest BCUT2D eigenvalue weighted by Crippen LogP contribution is -2.27. The Morgan fingerprint density at radius 2 is 1.81 bits per heavy atom. The first-order valence-electron chi connectivity index (χ1n) is 9.00. The molecule has 0 heterocycles. The van der Waals surface area contributed by atoms with Crippen LogP contribution in [0.15, 0.2) is 48.5 Å². The van der Waals surface area contributed by atoms with Crippen molar-refractivity contribution in [2.24, 2.45) is 0 Å². The van der Waals surface area contributed by atoms with Crippen molar-refractivity contribution >= 4 is 29.3 Å². The largest absolute Gasteiger partial charge is 0.351 e. The van der Waals surface area contributed by atoms with E-state index >= 15 is 0 Å². The van der Waals surface area contributed by atoms with E-state index < -0.39 is 0 Å². The average Bonchev–Trinajstić information content (AvgIpc) is 2.65. The van der Waals surface area contributed by atoms with Gasteiger partial charge < -0.3 is 5.32 Å². The molecular weight excluding hydrogens is 364 g/mol. The Morgan fingerprint density at radius 3 is 2.50 bits per heavy atom. The van der Waals surface area contributed by atoms with E-state index in [1.807, 2.05) is 30.3 Å². The Bertz CT molecular complexity index is 704. The number of amides is 1. The number of thioether (sulfide) groups is 1. The number of carbonyl (C=O) groups excluding carboxylic acids is 1. The summed E-state index contributed by atoms with van der Waals surface area (Å²) in [6, 6.07) is 16.1. The van der Waals surface area contributed by atoms with Gasteiger partial charge in [-0.3, -0.25) is 9.69 Å². The number of hydrogen-bond donors (Lipinski definition) is 1. The molecule has 1 N–H and O–H groups in total. The SMILES string of the molecule is CCN(CC)Cc1ccccc1CNC(=O)CSCc1cccc(Cl)c1. The van der Waals surface area contributed by atoms with Crippen LogP contribution in [0.1, 0.15) is 30.5 Å². The summed E-state index contributed by atoms with van der Waals surface area (Å²) < 4.78 is 0. The van der Waals surface area contributed by atoms with Crippen molar-refractivity contribution in [2.75, 3.05) is 18.8 Å². The molecule has 2 aromatic rings. The molecule has 1 amide bonds. The van der Waals surface area contributed by atoms with Gasteiger partial charge in [-0.1, -0.05) is 61.8 Å². The summed E-state index contributed by atoms with van der Waals surface area (Å²) in [5.74, 6) is 1.30. The van der Waals surface area contributed by atoms with E-state index in [1.165, 1.54) is 11.1 Å². The summed E-state index contributed by atoms with van der Waals surface area (Å²) in [4.78, 5) is 14.5. The fourth-order valence-corrected chi connectivity index (χ4v) is 3.72. The second-order valence-electron chi connectivity index (χ2n) is 6.13. The van der Waals surface area contributed by atoms with Crippen molar-refractivity contribution in [1.29, 1.82) is 0 Å². The van der Waals surface area contributed by atoms with Crippen LogP contribution in [0.4, 0.5) is 0 Å². The van der Waals surface area contributed by atoms with Gasteiger partial charge >= 0.3 is 0 Å². The third kappa shape index (κ3) is 7.02. The van der Waals surface area contributed by atoms with Gasteiger partial charge in [0.1, 0.15) is 0 Å². The number of nitrogens with one attached hydrogen (secondary N) is 1. The zero-order valence-electron chi connectivity index (χ0n) is 15.5. The van der Waals surface area contributed by atoms with Crippen molar-refractivity contribution in [3.8, 4) is 0 Å². The van der Waals surface area contributed by atoms with Gasteiger partial charge in [-0.2, -0.15) is 0 Å². The highest BCUT2D eigenvalue weighted by atomic mass is 35.5. The van der Waals surface area contributed by atoms with Gasteiger partial charge in [0.2, 0.25) is 5.91 Å². The quantitative estimate of drug-likeness (QED) is 0.636. The highest BCUT2D eigenvalue weighted by Crippen LogP contribution is 2.16. The Balaban J connectivity index is 1.80. The maximum absolute atomic E-state index is 12.2. The average molecular weight is 391 g/mol. The molecule has 0 spiro atoms. The molecule has 0 bridgehead atoms. The molecule has 2 aromatic carbocycles. The summed E-state index contributed by atoms with van der Waals surface area (Å²) in [5, 5.41) is 3.78. The Kier molecular flexibility index (Phi) is 9.02. The highest BCUT2D eigenvalue weighted by Gasteiger charge is 2.08. The molecule has 0 saturated carbocycles. The van der Waals surface area contributed by atoms with E-state index in [2.05, 4.69) is 42.3 Å². The van der Waals surface area contributed by atoms with Crippen molar-refractivity contribution < 1.29 is 4.79 Å². The number of rotatable bonds is 10. The maximum atomic E-state index is 12.2. The van der Waals surface area contributed by atoms with Crippen LogP contribution in [0.2, 0.25) is 5.02 Å². The minimum atomic E-state index is 0.0645. The molecular formula is C21H27ClN2OS. The van der Waals surface area contributed by atoms with Gasteiger partial charge in [0.05, 0.1) is 5.75 Å². The first-order valence-corrected chi connectivity index (χ1v) is 10.5. The molecule has 140 valence electrons. The summed E-state index contributed by atoms with van der Waals surface area (Å²) in [6.07, 6.45) is 0. The Hall–Kier alpha value is -1.49. The molecule has 0 aliphatic rings. The first-order chi connectivity index (χ1) is 12.6. The molecule has 0 aliphatic heterocycles. The van der Waals surface area contributed by atoms with Crippen LogP contribution in [-0.4, -0.2) is 29.6 Å². The summed E-state index contributed by atoms with van der Waals surface area (Å²) in [6.45, 7) is 7.89. The molecule has 0 radical (unpaired) electrons. The Morgan fingerprint density at radius 1 is 1.08 bits per heavy atom.